The van der Waals surface area contributed by atoms with E-state index < -0.39 is 35.2 Å². The van der Waals surface area contributed by atoms with Gasteiger partial charge in [-0.25, -0.2) is 14.0 Å². The van der Waals surface area contributed by atoms with Gasteiger partial charge in [-0.05, 0) is 18.6 Å². The van der Waals surface area contributed by atoms with Crippen LogP contribution in [0.2, 0.25) is 0 Å². The average Bonchev–Trinajstić information content (AvgIpc) is 2.46. The number of esters is 1. The van der Waals surface area contributed by atoms with Gasteiger partial charge in [-0.3, -0.25) is 10.1 Å². The molecule has 0 saturated carbocycles. The van der Waals surface area contributed by atoms with Gasteiger partial charge in [0.05, 0.1) is 16.6 Å². The van der Waals surface area contributed by atoms with Crippen molar-refractivity contribution in [3.8, 4) is 0 Å². The molecule has 7 nitrogen and oxygen atoms in total. The number of halogens is 1. The van der Waals surface area contributed by atoms with Gasteiger partial charge in [0.15, 0.2) is 0 Å². The zero-order chi connectivity index (χ0) is 16.5. The third-order valence-electron chi connectivity index (χ3n) is 2.48. The topological polar surface area (TPSA) is 95.7 Å². The number of hydrogen-bond donors (Lipinski definition) is 0. The number of nitro groups is 1. The number of allylic oxidation sites excluding steroid dienone is 1. The summed E-state index contributed by atoms with van der Waals surface area (Å²) in [5.41, 5.74) is -0.542. The molecule has 0 amide bonds. The second-order valence-electron chi connectivity index (χ2n) is 4.18. The molecule has 0 heterocycles. The fourth-order valence-electron chi connectivity index (χ4n) is 1.46. The average molecular weight is 351 g/mol. The smallest absolute Gasteiger partial charge is 1.00 e. The second kappa shape index (κ2) is 11.4. The van der Waals surface area contributed by atoms with E-state index in [4.69, 9.17) is 0 Å². The van der Waals surface area contributed by atoms with Gasteiger partial charge in [-0.1, -0.05) is 19.4 Å². The first-order valence-corrected chi connectivity index (χ1v) is 6.42. The zero-order valence-electron chi connectivity index (χ0n) is 13.8. The molecule has 0 bridgehead atoms. The van der Waals surface area contributed by atoms with Crippen LogP contribution in [0.15, 0.2) is 30.4 Å². The molecule has 0 fully saturated rings. The predicted octanol–water partition coefficient (Wildman–Crippen LogP) is 0.387. The molecule has 0 aromatic heterocycles. The summed E-state index contributed by atoms with van der Waals surface area (Å²) >= 11 is 0. The van der Waals surface area contributed by atoms with E-state index in [1.807, 2.05) is 6.92 Å². The molecule has 0 aliphatic rings. The van der Waals surface area contributed by atoms with E-state index in [9.17, 15) is 24.1 Å². The Hall–Kier alpha value is -1.13. The molecule has 0 aliphatic carbocycles. The summed E-state index contributed by atoms with van der Waals surface area (Å²) < 4.78 is 21.8. The molecule has 0 N–H and O–H groups in total. The van der Waals surface area contributed by atoms with Crippen LogP contribution in [-0.2, 0) is 20.9 Å². The molecule has 0 aliphatic heterocycles. The Balaban J connectivity index is 0. The minimum Gasteiger partial charge on any atom is -1.00 e. The van der Waals surface area contributed by atoms with Crippen LogP contribution in [0.25, 0.3) is 0 Å². The maximum absolute atomic E-state index is 12.9. The number of carbonyl (C=O) groups excluding carboxylic acids is 2. The number of ether oxygens (including phenoxy) is 2. The molecule has 0 atom stereocenters. The molecule has 1 aromatic carbocycles. The van der Waals surface area contributed by atoms with Crippen molar-refractivity contribution in [2.75, 3.05) is 0 Å². The fraction of sp³-hybridized carbons (Fsp3) is 0.286. The second-order valence-corrected chi connectivity index (χ2v) is 4.18. The Labute approximate surface area is 175 Å². The van der Waals surface area contributed by atoms with Crippen molar-refractivity contribution in [3.05, 3.63) is 51.8 Å². The van der Waals surface area contributed by atoms with Crippen LogP contribution in [0.4, 0.5) is 14.9 Å². The summed E-state index contributed by atoms with van der Waals surface area (Å²) in [4.78, 5) is 32.4. The Morgan fingerprint density at radius 1 is 1.43 bits per heavy atom. The molecule has 0 spiro atoms. The summed E-state index contributed by atoms with van der Waals surface area (Å²) in [6, 6.07) is 2.82. The summed E-state index contributed by atoms with van der Waals surface area (Å²) in [5, 5.41) is 10.7. The van der Waals surface area contributed by atoms with Crippen LogP contribution in [0.5, 0.6) is 0 Å². The Kier molecular flexibility index (Phi) is 10.8. The molecular formula is C14H15FKNO6. The molecule has 9 heteroatoms. The first kappa shape index (κ1) is 21.9. The van der Waals surface area contributed by atoms with Crippen molar-refractivity contribution < 1.29 is 81.2 Å². The summed E-state index contributed by atoms with van der Waals surface area (Å²) in [6.07, 6.45) is 2.84. The minimum atomic E-state index is -1.29. The van der Waals surface area contributed by atoms with E-state index in [0.29, 0.717) is 12.5 Å². The van der Waals surface area contributed by atoms with Gasteiger partial charge in [0, 0.05) is 6.08 Å². The molecule has 120 valence electrons. The van der Waals surface area contributed by atoms with Crippen molar-refractivity contribution in [2.24, 2.45) is 0 Å². The van der Waals surface area contributed by atoms with Crippen molar-refractivity contribution in [1.29, 1.82) is 0 Å². The van der Waals surface area contributed by atoms with Crippen molar-refractivity contribution in [3.63, 3.8) is 0 Å². The summed E-state index contributed by atoms with van der Waals surface area (Å²) in [6.45, 7) is 1.40. The number of nitrogens with zero attached hydrogens (tertiary/aromatic N) is 1. The van der Waals surface area contributed by atoms with E-state index in [0.717, 1.165) is 24.6 Å². The predicted molar refractivity (Wildman–Crippen MR) is 74.5 cm³/mol. The molecule has 0 radical (unpaired) electrons. The van der Waals surface area contributed by atoms with Crippen LogP contribution in [-0.4, -0.2) is 17.0 Å². The van der Waals surface area contributed by atoms with E-state index in [2.05, 4.69) is 9.47 Å². The van der Waals surface area contributed by atoms with Crippen LogP contribution in [0.1, 0.15) is 26.8 Å². The third kappa shape index (κ3) is 8.33. The molecule has 1 rings (SSSR count). The maximum atomic E-state index is 12.9. The van der Waals surface area contributed by atoms with Crippen LogP contribution in [0, 0.1) is 15.9 Å². The Morgan fingerprint density at radius 3 is 2.74 bits per heavy atom. The molecular weight excluding hydrogens is 336 g/mol. The first-order chi connectivity index (χ1) is 10.4. The SMILES string of the molecule is CCCC=CC(=O)OC(=O)OCc1ccc(F)cc1[N+](=O)[O-].[H-].[K+]. The quantitative estimate of drug-likeness (QED) is 0.184. The van der Waals surface area contributed by atoms with Gasteiger partial charge < -0.3 is 10.9 Å². The fourth-order valence-corrected chi connectivity index (χ4v) is 1.46. The van der Waals surface area contributed by atoms with Crippen LogP contribution in [0.3, 0.4) is 0 Å². The number of nitro benzene ring substituents is 1. The molecule has 0 unspecified atom stereocenters. The number of benzene rings is 1. The number of hydrogen-bond acceptors (Lipinski definition) is 6. The van der Waals surface area contributed by atoms with E-state index in [-0.39, 0.29) is 58.4 Å². The normalized spacial score (nSPS) is 10.0. The molecule has 23 heavy (non-hydrogen) atoms. The van der Waals surface area contributed by atoms with Gasteiger partial charge in [-0.2, -0.15) is 0 Å². The number of rotatable bonds is 6. The van der Waals surface area contributed by atoms with Gasteiger partial charge in [0.25, 0.3) is 5.69 Å². The standard InChI is InChI=1S/C14H14FNO6.K.H/c1-2-3-4-5-13(17)22-14(18)21-9-10-6-7-11(15)8-12(10)16(19)20;;/h4-8H,2-3,9H2,1H3;;/q;+1;-1. The third-order valence-corrected chi connectivity index (χ3v) is 2.48. The monoisotopic (exact) mass is 351 g/mol. The number of unbranched alkanes of at least 4 members (excludes halogenated alkanes) is 1. The van der Waals surface area contributed by atoms with Gasteiger partial charge >= 0.3 is 63.5 Å². The van der Waals surface area contributed by atoms with Crippen molar-refractivity contribution in [1.82, 2.24) is 0 Å². The van der Waals surface area contributed by atoms with Crippen molar-refractivity contribution in [2.45, 2.75) is 26.4 Å². The first-order valence-electron chi connectivity index (χ1n) is 6.42. The Morgan fingerprint density at radius 2 is 2.13 bits per heavy atom. The maximum Gasteiger partial charge on any atom is 1.00 e. The van der Waals surface area contributed by atoms with Gasteiger partial charge in [0.2, 0.25) is 0 Å². The molecule has 0 saturated heterocycles. The largest absolute Gasteiger partial charge is 1.00 e. The van der Waals surface area contributed by atoms with E-state index >= 15 is 0 Å². The van der Waals surface area contributed by atoms with E-state index in [1.54, 1.807) is 6.08 Å². The summed E-state index contributed by atoms with van der Waals surface area (Å²) in [7, 11) is 0. The minimum absolute atomic E-state index is 0. The Bertz CT molecular complexity index is 611. The van der Waals surface area contributed by atoms with Gasteiger partial charge in [0.1, 0.15) is 12.4 Å². The van der Waals surface area contributed by atoms with Gasteiger partial charge in [-0.15, -0.1) is 0 Å². The summed E-state index contributed by atoms with van der Waals surface area (Å²) in [5.74, 6) is -1.68. The zero-order valence-corrected chi connectivity index (χ0v) is 15.9. The molecule has 1 aromatic rings. The van der Waals surface area contributed by atoms with Crippen LogP contribution >= 0.6 is 0 Å². The van der Waals surface area contributed by atoms with Crippen LogP contribution < -0.4 is 51.4 Å². The number of carbonyl (C=O) groups is 2. The van der Waals surface area contributed by atoms with Crippen molar-refractivity contribution >= 4 is 17.8 Å². The van der Waals surface area contributed by atoms with E-state index in [1.165, 1.54) is 0 Å².